The lowest BCUT2D eigenvalue weighted by atomic mass is 10.0. The van der Waals surface area contributed by atoms with Gasteiger partial charge in [0.1, 0.15) is 0 Å². The minimum Gasteiger partial charge on any atom is -0.478 e. The van der Waals surface area contributed by atoms with E-state index in [2.05, 4.69) is 0 Å². The van der Waals surface area contributed by atoms with E-state index in [0.29, 0.717) is 0 Å². The van der Waals surface area contributed by atoms with Gasteiger partial charge in [-0.25, -0.2) is 4.79 Å². The van der Waals surface area contributed by atoms with Gasteiger partial charge in [0.05, 0.1) is 0 Å². The Bertz CT molecular complexity index is 575. The van der Waals surface area contributed by atoms with Crippen LogP contribution in [0.25, 0.3) is 10.8 Å². The standard InChI is InChI=1S/C14H13NO2/c15-13(7-8-14(16)17)12-6-5-10-3-1-2-4-11(10)9-12/h1-9,13H,15H2,(H,16,17)/b8-7+. The number of carboxylic acids is 1. The van der Waals surface area contributed by atoms with Crippen LogP contribution in [0.4, 0.5) is 0 Å². The van der Waals surface area contributed by atoms with Crippen molar-refractivity contribution in [1.82, 2.24) is 0 Å². The van der Waals surface area contributed by atoms with Crippen LogP contribution in [0, 0.1) is 0 Å². The number of rotatable bonds is 3. The molecule has 0 bridgehead atoms. The van der Waals surface area contributed by atoms with E-state index in [4.69, 9.17) is 10.8 Å². The number of hydrogen-bond acceptors (Lipinski definition) is 2. The molecule has 86 valence electrons. The van der Waals surface area contributed by atoms with E-state index in [-0.39, 0.29) is 0 Å². The van der Waals surface area contributed by atoms with E-state index in [1.54, 1.807) is 0 Å². The molecule has 0 heterocycles. The van der Waals surface area contributed by atoms with E-state index in [1.807, 2.05) is 42.5 Å². The zero-order chi connectivity index (χ0) is 12.3. The van der Waals surface area contributed by atoms with Crippen LogP contribution in [-0.2, 0) is 4.79 Å². The molecule has 3 N–H and O–H groups in total. The molecule has 0 aromatic heterocycles. The topological polar surface area (TPSA) is 63.3 Å². The van der Waals surface area contributed by atoms with E-state index in [9.17, 15) is 4.79 Å². The predicted octanol–water partition coefficient (Wildman–Crippen LogP) is 2.48. The number of nitrogens with two attached hydrogens (primary N) is 1. The summed E-state index contributed by atoms with van der Waals surface area (Å²) in [6.07, 6.45) is 2.55. The molecule has 2 rings (SSSR count). The second-order valence-electron chi connectivity index (χ2n) is 3.83. The monoisotopic (exact) mass is 227 g/mol. The molecule has 3 heteroatoms. The minimum absolute atomic E-state index is 0.393. The van der Waals surface area contributed by atoms with Crippen LogP contribution in [-0.4, -0.2) is 11.1 Å². The fraction of sp³-hybridized carbons (Fsp3) is 0.0714. The zero-order valence-corrected chi connectivity index (χ0v) is 9.21. The van der Waals surface area contributed by atoms with Crippen molar-refractivity contribution >= 4 is 16.7 Å². The third-order valence-electron chi connectivity index (χ3n) is 2.60. The van der Waals surface area contributed by atoms with Gasteiger partial charge in [0.25, 0.3) is 0 Å². The third-order valence-corrected chi connectivity index (χ3v) is 2.60. The summed E-state index contributed by atoms with van der Waals surface area (Å²) in [4.78, 5) is 10.4. The molecule has 0 radical (unpaired) electrons. The highest BCUT2D eigenvalue weighted by molar-refractivity contribution is 5.83. The summed E-state index contributed by atoms with van der Waals surface area (Å²) in [5.41, 5.74) is 6.79. The maximum absolute atomic E-state index is 10.4. The average molecular weight is 227 g/mol. The Balaban J connectivity index is 2.33. The van der Waals surface area contributed by atoms with Crippen molar-refractivity contribution in [3.05, 3.63) is 60.2 Å². The summed E-state index contributed by atoms with van der Waals surface area (Å²) in [5.74, 6) is -0.985. The van der Waals surface area contributed by atoms with Gasteiger partial charge in [-0.05, 0) is 22.4 Å². The van der Waals surface area contributed by atoms with Gasteiger partial charge in [-0.3, -0.25) is 0 Å². The maximum atomic E-state index is 10.4. The highest BCUT2D eigenvalue weighted by Gasteiger charge is 2.03. The summed E-state index contributed by atoms with van der Waals surface area (Å²) < 4.78 is 0. The maximum Gasteiger partial charge on any atom is 0.328 e. The number of carbonyl (C=O) groups is 1. The lowest BCUT2D eigenvalue weighted by molar-refractivity contribution is -0.131. The van der Waals surface area contributed by atoms with Crippen molar-refractivity contribution < 1.29 is 9.90 Å². The Labute approximate surface area is 99.2 Å². The smallest absolute Gasteiger partial charge is 0.328 e. The molecule has 0 amide bonds. The molecular weight excluding hydrogens is 214 g/mol. The third kappa shape index (κ3) is 2.71. The van der Waals surface area contributed by atoms with Crippen LogP contribution in [0.15, 0.2) is 54.6 Å². The molecule has 0 aliphatic rings. The lowest BCUT2D eigenvalue weighted by Crippen LogP contribution is -2.07. The Kier molecular flexibility index (Phi) is 3.21. The van der Waals surface area contributed by atoms with Gasteiger partial charge in [0, 0.05) is 12.1 Å². The first kappa shape index (κ1) is 11.4. The fourth-order valence-electron chi connectivity index (χ4n) is 1.71. The highest BCUT2D eigenvalue weighted by atomic mass is 16.4. The first-order chi connectivity index (χ1) is 8.16. The summed E-state index contributed by atoms with van der Waals surface area (Å²) in [6, 6.07) is 13.5. The van der Waals surface area contributed by atoms with Crippen LogP contribution >= 0.6 is 0 Å². The van der Waals surface area contributed by atoms with Crippen LogP contribution in [0.2, 0.25) is 0 Å². The quantitative estimate of drug-likeness (QED) is 0.792. The summed E-state index contributed by atoms with van der Waals surface area (Å²) in [6.45, 7) is 0. The van der Waals surface area contributed by atoms with Gasteiger partial charge >= 0.3 is 5.97 Å². The highest BCUT2D eigenvalue weighted by Crippen LogP contribution is 2.19. The van der Waals surface area contributed by atoms with Gasteiger partial charge in [-0.15, -0.1) is 0 Å². The van der Waals surface area contributed by atoms with E-state index < -0.39 is 12.0 Å². The molecule has 2 aromatic carbocycles. The molecule has 1 atom stereocenters. The summed E-state index contributed by atoms with van der Waals surface area (Å²) in [5, 5.41) is 10.8. The number of benzene rings is 2. The molecule has 0 aliphatic carbocycles. The Hall–Kier alpha value is -2.13. The van der Waals surface area contributed by atoms with Gasteiger partial charge < -0.3 is 10.8 Å². The van der Waals surface area contributed by atoms with Crippen molar-refractivity contribution in [3.63, 3.8) is 0 Å². The molecule has 0 saturated heterocycles. The van der Waals surface area contributed by atoms with Gasteiger partial charge in [-0.2, -0.15) is 0 Å². The first-order valence-electron chi connectivity index (χ1n) is 5.32. The largest absolute Gasteiger partial charge is 0.478 e. The normalized spacial score (nSPS) is 13.0. The lowest BCUT2D eigenvalue weighted by Gasteiger charge is -2.08. The van der Waals surface area contributed by atoms with Crippen molar-refractivity contribution in [2.45, 2.75) is 6.04 Å². The van der Waals surface area contributed by atoms with Crippen molar-refractivity contribution in [2.75, 3.05) is 0 Å². The molecule has 0 fully saturated rings. The molecule has 3 nitrogen and oxygen atoms in total. The second-order valence-corrected chi connectivity index (χ2v) is 3.83. The molecule has 2 aromatic rings. The van der Waals surface area contributed by atoms with Gasteiger partial charge in [0.2, 0.25) is 0 Å². The Morgan fingerprint density at radius 2 is 1.88 bits per heavy atom. The molecule has 0 spiro atoms. The van der Waals surface area contributed by atoms with Crippen molar-refractivity contribution in [3.8, 4) is 0 Å². The van der Waals surface area contributed by atoms with Crippen molar-refractivity contribution in [2.24, 2.45) is 5.73 Å². The number of fused-ring (bicyclic) bond motifs is 1. The zero-order valence-electron chi connectivity index (χ0n) is 9.21. The number of carboxylic acid groups (broad SMARTS) is 1. The molecule has 17 heavy (non-hydrogen) atoms. The fourth-order valence-corrected chi connectivity index (χ4v) is 1.71. The van der Waals surface area contributed by atoms with Gasteiger partial charge in [0.15, 0.2) is 0 Å². The molecule has 0 saturated carbocycles. The van der Waals surface area contributed by atoms with E-state index in [0.717, 1.165) is 22.4 Å². The van der Waals surface area contributed by atoms with E-state index >= 15 is 0 Å². The van der Waals surface area contributed by atoms with Gasteiger partial charge in [-0.1, -0.05) is 42.5 Å². The first-order valence-corrected chi connectivity index (χ1v) is 5.32. The Morgan fingerprint density at radius 3 is 2.59 bits per heavy atom. The molecule has 1 unspecified atom stereocenters. The minimum atomic E-state index is -0.985. The average Bonchev–Trinajstić information content (AvgIpc) is 2.35. The number of aliphatic carboxylic acids is 1. The van der Waals surface area contributed by atoms with E-state index in [1.165, 1.54) is 6.08 Å². The SMILES string of the molecule is NC(/C=C/C(=O)O)c1ccc2ccccc2c1. The molecule has 0 aliphatic heterocycles. The summed E-state index contributed by atoms with van der Waals surface area (Å²) >= 11 is 0. The predicted molar refractivity (Wildman–Crippen MR) is 67.7 cm³/mol. The van der Waals surface area contributed by atoms with Crippen LogP contribution in [0.3, 0.4) is 0 Å². The number of hydrogen-bond donors (Lipinski definition) is 2. The Morgan fingerprint density at radius 1 is 1.18 bits per heavy atom. The second kappa shape index (κ2) is 4.80. The van der Waals surface area contributed by atoms with Crippen LogP contribution in [0.5, 0.6) is 0 Å². The summed E-state index contributed by atoms with van der Waals surface area (Å²) in [7, 11) is 0. The van der Waals surface area contributed by atoms with Crippen LogP contribution < -0.4 is 5.73 Å². The van der Waals surface area contributed by atoms with Crippen molar-refractivity contribution in [1.29, 1.82) is 0 Å². The molecular formula is C14H13NO2. The van der Waals surface area contributed by atoms with Crippen LogP contribution in [0.1, 0.15) is 11.6 Å².